The number of rotatable bonds is 1. The van der Waals surface area contributed by atoms with Crippen LogP contribution in [0.4, 0.5) is 0 Å². The van der Waals surface area contributed by atoms with Crippen molar-refractivity contribution in [1.29, 1.82) is 0 Å². The molecule has 1 aromatic carbocycles. The molecule has 0 unspecified atom stereocenters. The molecule has 1 aromatic rings. The Kier molecular flexibility index (Phi) is 2.94. The van der Waals surface area contributed by atoms with Crippen molar-refractivity contribution < 1.29 is 9.84 Å². The topological polar surface area (TPSA) is 29.5 Å². The summed E-state index contributed by atoms with van der Waals surface area (Å²) in [5.74, 6) is 1.65. The van der Waals surface area contributed by atoms with E-state index < -0.39 is 0 Å². The van der Waals surface area contributed by atoms with Gasteiger partial charge in [-0.25, -0.2) is 0 Å². The summed E-state index contributed by atoms with van der Waals surface area (Å²) in [4.78, 5) is 0. The van der Waals surface area contributed by atoms with Gasteiger partial charge >= 0.3 is 0 Å². The van der Waals surface area contributed by atoms with E-state index in [0.717, 1.165) is 44.3 Å². The van der Waals surface area contributed by atoms with Crippen molar-refractivity contribution in [1.82, 2.24) is 0 Å². The molecule has 1 N–H and O–H groups in total. The minimum absolute atomic E-state index is 0.101. The van der Waals surface area contributed by atoms with Crippen LogP contribution in [0.3, 0.4) is 0 Å². The summed E-state index contributed by atoms with van der Waals surface area (Å²) in [5.41, 5.74) is 6.18. The van der Waals surface area contributed by atoms with Crippen LogP contribution < -0.4 is 0 Å². The zero-order valence-corrected chi connectivity index (χ0v) is 13.0. The first-order valence-electron chi connectivity index (χ1n) is 8.18. The largest absolute Gasteiger partial charge is 0.501 e. The van der Waals surface area contributed by atoms with E-state index in [1.165, 1.54) is 16.7 Å². The van der Waals surface area contributed by atoms with Gasteiger partial charge in [-0.05, 0) is 66.4 Å². The number of hydrogen-bond donors (Lipinski definition) is 1. The molecule has 3 atom stereocenters. The molecule has 0 aliphatic heterocycles. The predicted molar refractivity (Wildman–Crippen MR) is 83.4 cm³/mol. The van der Waals surface area contributed by atoms with Crippen LogP contribution in [0.15, 0.2) is 24.0 Å². The molecule has 0 spiro atoms. The molecular weight excluding hydrogens is 260 g/mol. The lowest BCUT2D eigenvalue weighted by molar-refractivity contribution is 0.0456. The van der Waals surface area contributed by atoms with E-state index in [4.69, 9.17) is 4.74 Å². The number of ether oxygens (including phenoxy) is 1. The van der Waals surface area contributed by atoms with Crippen molar-refractivity contribution in [2.45, 2.75) is 57.5 Å². The number of allylic oxidation sites excluding steroid dienone is 2. The van der Waals surface area contributed by atoms with Gasteiger partial charge < -0.3 is 9.84 Å². The molecule has 21 heavy (non-hydrogen) atoms. The van der Waals surface area contributed by atoms with Gasteiger partial charge in [0.15, 0.2) is 0 Å². The van der Waals surface area contributed by atoms with Gasteiger partial charge in [-0.1, -0.05) is 19.1 Å². The summed E-state index contributed by atoms with van der Waals surface area (Å²) >= 11 is 0. The molecule has 4 rings (SSSR count). The summed E-state index contributed by atoms with van der Waals surface area (Å²) in [7, 11) is 1.76. The fourth-order valence-electron chi connectivity index (χ4n) is 4.89. The summed E-state index contributed by atoms with van der Waals surface area (Å²) in [6.07, 6.45) is 8.42. The molecule has 3 aliphatic rings. The summed E-state index contributed by atoms with van der Waals surface area (Å²) in [6.45, 7) is 2.29. The number of fused-ring (bicyclic) bond motifs is 5. The van der Waals surface area contributed by atoms with E-state index in [1.807, 2.05) is 0 Å². The van der Waals surface area contributed by atoms with E-state index in [1.54, 1.807) is 12.7 Å². The number of aliphatic hydroxyl groups is 1. The standard InChI is InChI=1S/C19H24O2/c1-19-10-9-15-14-6-4-13(21-2)11-12(14)3-5-16(15)17(19)7-8-18(19)20/h3-5,17-18,20H,6-11H2,1-2H3/t17-,18-,19-/m0/s1. The van der Waals surface area contributed by atoms with Crippen LogP contribution in [0.2, 0.25) is 0 Å². The average Bonchev–Trinajstić information content (AvgIpc) is 2.82. The highest BCUT2D eigenvalue weighted by atomic mass is 16.5. The zero-order valence-electron chi connectivity index (χ0n) is 13.0. The molecule has 3 aliphatic carbocycles. The van der Waals surface area contributed by atoms with E-state index in [2.05, 4.69) is 25.1 Å². The number of benzene rings is 1. The molecule has 0 bridgehead atoms. The lowest BCUT2D eigenvalue weighted by Crippen LogP contribution is -2.35. The molecule has 0 amide bonds. The lowest BCUT2D eigenvalue weighted by atomic mass is 9.64. The van der Waals surface area contributed by atoms with E-state index >= 15 is 0 Å². The summed E-state index contributed by atoms with van der Waals surface area (Å²) < 4.78 is 5.42. The first-order valence-corrected chi connectivity index (χ1v) is 8.18. The highest BCUT2D eigenvalue weighted by Gasteiger charge is 2.49. The monoisotopic (exact) mass is 284 g/mol. The highest BCUT2D eigenvalue weighted by Crippen LogP contribution is 2.56. The maximum Gasteiger partial charge on any atom is 0.0962 e. The minimum atomic E-state index is -0.119. The van der Waals surface area contributed by atoms with Crippen molar-refractivity contribution in [3.8, 4) is 0 Å². The van der Waals surface area contributed by atoms with Crippen molar-refractivity contribution >= 4 is 0 Å². The van der Waals surface area contributed by atoms with Gasteiger partial charge in [0, 0.05) is 11.8 Å². The quantitative estimate of drug-likeness (QED) is 0.855. The molecule has 1 fully saturated rings. The van der Waals surface area contributed by atoms with Gasteiger partial charge in [-0.2, -0.15) is 0 Å². The van der Waals surface area contributed by atoms with Crippen molar-refractivity contribution in [3.05, 3.63) is 46.2 Å². The zero-order chi connectivity index (χ0) is 14.6. The second kappa shape index (κ2) is 4.61. The van der Waals surface area contributed by atoms with Gasteiger partial charge in [0.1, 0.15) is 0 Å². The summed E-state index contributed by atoms with van der Waals surface area (Å²) in [5, 5.41) is 10.4. The van der Waals surface area contributed by atoms with E-state index in [9.17, 15) is 5.11 Å². The molecule has 112 valence electrons. The third kappa shape index (κ3) is 1.81. The van der Waals surface area contributed by atoms with Gasteiger partial charge in [0.25, 0.3) is 0 Å². The van der Waals surface area contributed by atoms with Crippen LogP contribution in [0.1, 0.15) is 54.4 Å². The summed E-state index contributed by atoms with van der Waals surface area (Å²) in [6, 6.07) is 4.64. The Morgan fingerprint density at radius 1 is 1.24 bits per heavy atom. The first-order chi connectivity index (χ1) is 10.1. The van der Waals surface area contributed by atoms with Crippen LogP contribution in [0.5, 0.6) is 0 Å². The third-order valence-electron chi connectivity index (χ3n) is 6.30. The smallest absolute Gasteiger partial charge is 0.0962 e. The van der Waals surface area contributed by atoms with Gasteiger partial charge in [0.2, 0.25) is 0 Å². The molecular formula is C19H24O2. The Morgan fingerprint density at radius 2 is 2.10 bits per heavy atom. The van der Waals surface area contributed by atoms with Gasteiger partial charge in [0.05, 0.1) is 19.0 Å². The van der Waals surface area contributed by atoms with Crippen LogP contribution in [0.25, 0.3) is 0 Å². The van der Waals surface area contributed by atoms with Crippen LogP contribution in [-0.4, -0.2) is 18.3 Å². The Morgan fingerprint density at radius 3 is 2.90 bits per heavy atom. The Labute approximate surface area is 126 Å². The molecule has 1 saturated carbocycles. The molecule has 0 saturated heterocycles. The predicted octanol–water partition coefficient (Wildman–Crippen LogP) is 3.51. The normalized spacial score (nSPS) is 33.8. The SMILES string of the molecule is COC1=CCc2c(ccc3c2CC[C@]2(C)[C@@H](O)CC[C@@H]32)C1. The minimum Gasteiger partial charge on any atom is -0.501 e. The molecule has 2 heteroatoms. The van der Waals surface area contributed by atoms with E-state index in [0.29, 0.717) is 5.92 Å². The molecule has 0 radical (unpaired) electrons. The fourth-order valence-corrected chi connectivity index (χ4v) is 4.89. The number of aliphatic hydroxyl groups excluding tert-OH is 1. The third-order valence-corrected chi connectivity index (χ3v) is 6.30. The second-order valence-corrected chi connectivity index (χ2v) is 7.18. The van der Waals surface area contributed by atoms with Crippen molar-refractivity contribution in [2.75, 3.05) is 7.11 Å². The van der Waals surface area contributed by atoms with Gasteiger partial charge in [-0.15, -0.1) is 0 Å². The van der Waals surface area contributed by atoms with E-state index in [-0.39, 0.29) is 11.5 Å². The Hall–Kier alpha value is -1.28. The lowest BCUT2D eigenvalue weighted by Gasteiger charge is -2.41. The first kappa shape index (κ1) is 13.4. The highest BCUT2D eigenvalue weighted by molar-refractivity contribution is 5.49. The Bertz CT molecular complexity index is 616. The number of methoxy groups -OCH3 is 1. The Balaban J connectivity index is 1.77. The second-order valence-electron chi connectivity index (χ2n) is 7.18. The molecule has 0 aromatic heterocycles. The van der Waals surface area contributed by atoms with Crippen LogP contribution in [0, 0.1) is 5.41 Å². The molecule has 2 nitrogen and oxygen atoms in total. The number of hydrogen-bond acceptors (Lipinski definition) is 2. The van der Waals surface area contributed by atoms with Crippen molar-refractivity contribution in [2.24, 2.45) is 5.41 Å². The van der Waals surface area contributed by atoms with Crippen molar-refractivity contribution in [3.63, 3.8) is 0 Å². The fraction of sp³-hybridized carbons (Fsp3) is 0.579. The van der Waals surface area contributed by atoms with Crippen LogP contribution in [-0.2, 0) is 24.0 Å². The molecule has 0 heterocycles. The van der Waals surface area contributed by atoms with Gasteiger partial charge in [-0.3, -0.25) is 0 Å². The van der Waals surface area contributed by atoms with Crippen LogP contribution >= 0.6 is 0 Å². The average molecular weight is 284 g/mol. The maximum atomic E-state index is 10.4. The maximum absolute atomic E-state index is 10.4.